The van der Waals surface area contributed by atoms with E-state index in [2.05, 4.69) is 20.3 Å². The van der Waals surface area contributed by atoms with Gasteiger partial charge in [-0.15, -0.1) is 0 Å². The van der Waals surface area contributed by atoms with Crippen LogP contribution in [-0.4, -0.2) is 34.5 Å². The zero-order chi connectivity index (χ0) is 21.5. The van der Waals surface area contributed by atoms with Gasteiger partial charge in [0.05, 0.1) is 27.7 Å². The second-order valence-corrected chi connectivity index (χ2v) is 10.00. The van der Waals surface area contributed by atoms with Gasteiger partial charge in [0, 0.05) is 17.3 Å². The number of carbonyl (C=O) groups excluding carboxylic acids is 1. The number of carbonyl (C=O) groups is 1. The van der Waals surface area contributed by atoms with Crippen molar-refractivity contribution in [2.75, 3.05) is 5.32 Å². The monoisotopic (exact) mass is 422 g/mol. The molecule has 0 aliphatic heterocycles. The highest BCUT2D eigenvalue weighted by Gasteiger charge is 2.20. The fraction of sp³-hybridized carbons (Fsp3) is 0.227. The number of anilines is 1. The van der Waals surface area contributed by atoms with Gasteiger partial charge in [0.25, 0.3) is 5.91 Å². The number of hydrogen-bond acceptors (Lipinski definition) is 5. The highest BCUT2D eigenvalue weighted by atomic mass is 32.2. The normalized spacial score (nSPS) is 14.1. The first-order valence-corrected chi connectivity index (χ1v) is 11.2. The number of amides is 1. The van der Waals surface area contributed by atoms with Crippen LogP contribution in [0.1, 0.15) is 27.2 Å². The topological polar surface area (TPSA) is 105 Å². The Bertz CT molecular complexity index is 1300. The van der Waals surface area contributed by atoms with Crippen molar-refractivity contribution in [3.05, 3.63) is 60.0 Å². The zero-order valence-corrected chi connectivity index (χ0v) is 17.7. The summed E-state index contributed by atoms with van der Waals surface area (Å²) >= 11 is 0. The standard InChI is InChI=1S/C22H22N4O3S/c1-13(2)30(28,29)16-9-7-15(8-10-16)18-11-23-21-20(25-18)19(12-24-21)26-22(27)17-6-4-5-14(17)3/h4-5,7-13H,6H2,1-3H3,(H,23,24)(H,26,27). The van der Waals surface area contributed by atoms with E-state index in [9.17, 15) is 13.2 Å². The Morgan fingerprint density at radius 1 is 1.20 bits per heavy atom. The van der Waals surface area contributed by atoms with Gasteiger partial charge < -0.3 is 10.3 Å². The summed E-state index contributed by atoms with van der Waals surface area (Å²) in [6, 6.07) is 6.60. The van der Waals surface area contributed by atoms with Gasteiger partial charge in [0.15, 0.2) is 15.5 Å². The summed E-state index contributed by atoms with van der Waals surface area (Å²) in [4.78, 5) is 24.9. The minimum atomic E-state index is -3.33. The summed E-state index contributed by atoms with van der Waals surface area (Å²) in [6.07, 6.45) is 7.79. The summed E-state index contributed by atoms with van der Waals surface area (Å²) in [5, 5.41) is 2.42. The van der Waals surface area contributed by atoms with E-state index in [1.54, 1.807) is 50.5 Å². The molecule has 7 nitrogen and oxygen atoms in total. The number of aromatic amines is 1. The predicted molar refractivity (Wildman–Crippen MR) is 117 cm³/mol. The van der Waals surface area contributed by atoms with E-state index in [-0.39, 0.29) is 10.8 Å². The summed E-state index contributed by atoms with van der Waals surface area (Å²) in [5.41, 5.74) is 4.67. The minimum Gasteiger partial charge on any atom is -0.343 e. The minimum absolute atomic E-state index is 0.158. The quantitative estimate of drug-likeness (QED) is 0.646. The van der Waals surface area contributed by atoms with Crippen molar-refractivity contribution in [3.8, 4) is 11.3 Å². The fourth-order valence-electron chi connectivity index (χ4n) is 3.30. The maximum Gasteiger partial charge on any atom is 0.252 e. The number of aromatic nitrogens is 3. The van der Waals surface area contributed by atoms with Crippen LogP contribution in [-0.2, 0) is 14.6 Å². The molecule has 2 N–H and O–H groups in total. The van der Waals surface area contributed by atoms with Gasteiger partial charge in [-0.25, -0.2) is 18.4 Å². The first kappa shape index (κ1) is 20.0. The van der Waals surface area contributed by atoms with E-state index in [1.807, 2.05) is 19.1 Å². The first-order chi connectivity index (χ1) is 14.3. The molecule has 1 amide bonds. The van der Waals surface area contributed by atoms with Crippen molar-refractivity contribution in [2.45, 2.75) is 37.3 Å². The number of nitrogens with one attached hydrogen (secondary N) is 2. The second-order valence-electron chi connectivity index (χ2n) is 7.50. The molecule has 154 valence electrons. The Balaban J connectivity index is 1.65. The molecule has 0 saturated heterocycles. The van der Waals surface area contributed by atoms with Crippen LogP contribution in [0.4, 0.5) is 5.69 Å². The molecule has 0 radical (unpaired) electrons. The molecule has 0 saturated carbocycles. The molecular weight excluding hydrogens is 400 g/mol. The highest BCUT2D eigenvalue weighted by molar-refractivity contribution is 7.92. The third-order valence-electron chi connectivity index (χ3n) is 5.17. The lowest BCUT2D eigenvalue weighted by molar-refractivity contribution is -0.112. The van der Waals surface area contributed by atoms with Gasteiger partial charge in [-0.3, -0.25) is 4.79 Å². The fourth-order valence-corrected chi connectivity index (χ4v) is 4.36. The average Bonchev–Trinajstić information content (AvgIpc) is 3.33. The molecule has 2 aromatic heterocycles. The van der Waals surface area contributed by atoms with E-state index in [0.717, 1.165) is 16.7 Å². The summed E-state index contributed by atoms with van der Waals surface area (Å²) in [7, 11) is -3.33. The molecule has 0 atom stereocenters. The number of hydrogen-bond donors (Lipinski definition) is 2. The van der Waals surface area contributed by atoms with Gasteiger partial charge >= 0.3 is 0 Å². The number of H-pyrrole nitrogens is 1. The van der Waals surface area contributed by atoms with Crippen LogP contribution in [0.25, 0.3) is 22.4 Å². The van der Waals surface area contributed by atoms with Gasteiger partial charge in [-0.1, -0.05) is 24.3 Å². The van der Waals surface area contributed by atoms with Gasteiger partial charge in [-0.05, 0) is 44.9 Å². The smallest absolute Gasteiger partial charge is 0.252 e. The molecule has 2 heterocycles. The lowest BCUT2D eigenvalue weighted by atomic mass is 10.1. The van der Waals surface area contributed by atoms with Crippen LogP contribution in [0.3, 0.4) is 0 Å². The number of sulfone groups is 1. The van der Waals surface area contributed by atoms with Crippen LogP contribution < -0.4 is 5.32 Å². The molecule has 0 unspecified atom stereocenters. The largest absolute Gasteiger partial charge is 0.343 e. The summed E-state index contributed by atoms with van der Waals surface area (Å²) < 4.78 is 24.6. The SMILES string of the molecule is CC1=C(C(=O)Nc2c[nH]c3ncc(-c4ccc(S(=O)(=O)C(C)C)cc4)nc23)CC=C1. The number of benzene rings is 1. The highest BCUT2D eigenvalue weighted by Crippen LogP contribution is 2.27. The number of rotatable bonds is 5. The molecule has 30 heavy (non-hydrogen) atoms. The third kappa shape index (κ3) is 3.54. The molecule has 0 bridgehead atoms. The van der Waals surface area contributed by atoms with Crippen LogP contribution in [0.5, 0.6) is 0 Å². The van der Waals surface area contributed by atoms with Crippen molar-refractivity contribution < 1.29 is 13.2 Å². The Labute approximate surface area is 174 Å². The van der Waals surface area contributed by atoms with Crippen molar-refractivity contribution in [1.82, 2.24) is 15.0 Å². The van der Waals surface area contributed by atoms with Crippen molar-refractivity contribution in [3.63, 3.8) is 0 Å². The Hall–Kier alpha value is -3.26. The molecule has 3 aromatic rings. The molecule has 1 aromatic carbocycles. The van der Waals surface area contributed by atoms with Crippen molar-refractivity contribution in [1.29, 1.82) is 0 Å². The van der Waals surface area contributed by atoms with E-state index in [0.29, 0.717) is 29.0 Å². The van der Waals surface area contributed by atoms with Crippen LogP contribution >= 0.6 is 0 Å². The number of fused-ring (bicyclic) bond motifs is 1. The van der Waals surface area contributed by atoms with E-state index in [1.165, 1.54) is 0 Å². The lowest BCUT2D eigenvalue weighted by Gasteiger charge is -2.09. The van der Waals surface area contributed by atoms with Gasteiger partial charge in [0.2, 0.25) is 0 Å². The molecular formula is C22H22N4O3S. The lowest BCUT2D eigenvalue weighted by Crippen LogP contribution is -2.14. The maximum absolute atomic E-state index is 12.6. The van der Waals surface area contributed by atoms with E-state index in [4.69, 9.17) is 0 Å². The third-order valence-corrected chi connectivity index (χ3v) is 7.34. The van der Waals surface area contributed by atoms with Gasteiger partial charge in [0.1, 0.15) is 5.52 Å². The van der Waals surface area contributed by atoms with Crippen molar-refractivity contribution in [2.24, 2.45) is 0 Å². The molecule has 4 rings (SSSR count). The average molecular weight is 423 g/mol. The van der Waals surface area contributed by atoms with Crippen molar-refractivity contribution >= 4 is 32.6 Å². The van der Waals surface area contributed by atoms with Crippen LogP contribution in [0.15, 0.2) is 64.9 Å². The van der Waals surface area contributed by atoms with E-state index < -0.39 is 15.1 Å². The predicted octanol–water partition coefficient (Wildman–Crippen LogP) is 4.02. The summed E-state index contributed by atoms with van der Waals surface area (Å²) in [5.74, 6) is -0.158. The first-order valence-electron chi connectivity index (χ1n) is 9.63. The number of nitrogens with zero attached hydrogens (tertiary/aromatic N) is 2. The number of allylic oxidation sites excluding steroid dienone is 3. The second kappa shape index (κ2) is 7.53. The Kier molecular flexibility index (Phi) is 5.03. The summed E-state index contributed by atoms with van der Waals surface area (Å²) in [6.45, 7) is 5.22. The maximum atomic E-state index is 12.6. The Morgan fingerprint density at radius 3 is 2.57 bits per heavy atom. The molecule has 0 spiro atoms. The molecule has 0 fully saturated rings. The van der Waals surface area contributed by atoms with Crippen LogP contribution in [0.2, 0.25) is 0 Å². The van der Waals surface area contributed by atoms with E-state index >= 15 is 0 Å². The Morgan fingerprint density at radius 2 is 1.93 bits per heavy atom. The molecule has 8 heteroatoms. The zero-order valence-electron chi connectivity index (χ0n) is 16.9. The van der Waals surface area contributed by atoms with Crippen LogP contribution in [0, 0.1) is 0 Å². The molecule has 1 aliphatic carbocycles. The van der Waals surface area contributed by atoms with Gasteiger partial charge in [-0.2, -0.15) is 0 Å². The molecule has 1 aliphatic rings.